The molecule has 0 spiro atoms. The van der Waals surface area contributed by atoms with Crippen LogP contribution in [-0.2, 0) is 5.75 Å². The predicted octanol–water partition coefficient (Wildman–Crippen LogP) is 2.29. The molecule has 0 amide bonds. The number of unbranched alkanes of at least 4 members (excludes halogenated alkanes) is 1. The second kappa shape index (κ2) is 7.89. The van der Waals surface area contributed by atoms with Gasteiger partial charge in [-0.05, 0) is 43.3 Å². The van der Waals surface area contributed by atoms with Crippen LogP contribution in [0.1, 0.15) is 18.7 Å². The van der Waals surface area contributed by atoms with Crippen molar-refractivity contribution in [1.82, 2.24) is 24.9 Å². The quantitative estimate of drug-likeness (QED) is 0.633. The zero-order valence-corrected chi connectivity index (χ0v) is 13.4. The topological polar surface area (TPSA) is 95.7 Å². The standard InChI is InChI=1S/C15H18N6OS/c16-5-1-2-9-23-11-14-19-15(20-22-14)12-4-7-17-13(10-12)21-8-3-6-18-21/h3-4,6-8,10H,1-2,5,9,11,16H2. The Bertz CT molecular complexity index is 727. The van der Waals surface area contributed by atoms with Gasteiger partial charge in [0, 0.05) is 24.2 Å². The Hall–Kier alpha value is -2.19. The van der Waals surface area contributed by atoms with E-state index in [1.807, 2.05) is 24.4 Å². The summed E-state index contributed by atoms with van der Waals surface area (Å²) in [4.78, 5) is 8.73. The maximum Gasteiger partial charge on any atom is 0.236 e. The predicted molar refractivity (Wildman–Crippen MR) is 89.1 cm³/mol. The minimum absolute atomic E-state index is 0.568. The van der Waals surface area contributed by atoms with Gasteiger partial charge in [-0.25, -0.2) is 9.67 Å². The van der Waals surface area contributed by atoms with E-state index in [9.17, 15) is 0 Å². The first kappa shape index (κ1) is 15.7. The average molecular weight is 330 g/mol. The van der Waals surface area contributed by atoms with Crippen LogP contribution in [0.25, 0.3) is 17.2 Å². The van der Waals surface area contributed by atoms with Crippen LogP contribution < -0.4 is 5.73 Å². The first-order valence-electron chi connectivity index (χ1n) is 7.43. The highest BCUT2D eigenvalue weighted by Crippen LogP contribution is 2.19. The monoisotopic (exact) mass is 330 g/mol. The van der Waals surface area contributed by atoms with Gasteiger partial charge in [0.05, 0.1) is 5.75 Å². The molecule has 7 nitrogen and oxygen atoms in total. The summed E-state index contributed by atoms with van der Waals surface area (Å²) in [5.74, 6) is 3.69. The normalized spacial score (nSPS) is 11.0. The van der Waals surface area contributed by atoms with Crippen LogP contribution in [0.2, 0.25) is 0 Å². The maximum atomic E-state index is 5.48. The van der Waals surface area contributed by atoms with Crippen LogP contribution in [0.4, 0.5) is 0 Å². The molecule has 0 aliphatic heterocycles. The van der Waals surface area contributed by atoms with Gasteiger partial charge in [-0.3, -0.25) is 0 Å². The Balaban J connectivity index is 1.65. The average Bonchev–Trinajstić information content (AvgIpc) is 3.27. The summed E-state index contributed by atoms with van der Waals surface area (Å²) in [6.45, 7) is 0.742. The van der Waals surface area contributed by atoms with E-state index >= 15 is 0 Å². The van der Waals surface area contributed by atoms with Gasteiger partial charge in [0.1, 0.15) is 0 Å². The minimum Gasteiger partial charge on any atom is -0.338 e. The number of hydrogen-bond donors (Lipinski definition) is 1. The second-order valence-corrected chi connectivity index (χ2v) is 6.02. The molecule has 0 unspecified atom stereocenters. The summed E-state index contributed by atoms with van der Waals surface area (Å²) < 4.78 is 7.00. The Morgan fingerprint density at radius 2 is 2.22 bits per heavy atom. The van der Waals surface area contributed by atoms with E-state index in [2.05, 4.69) is 20.2 Å². The molecule has 120 valence electrons. The maximum absolute atomic E-state index is 5.48. The summed E-state index contributed by atoms with van der Waals surface area (Å²) in [5.41, 5.74) is 6.33. The van der Waals surface area contributed by atoms with Crippen molar-refractivity contribution in [2.24, 2.45) is 5.73 Å². The smallest absolute Gasteiger partial charge is 0.236 e. The molecule has 0 saturated carbocycles. The Morgan fingerprint density at radius 3 is 3.04 bits per heavy atom. The number of rotatable bonds is 8. The minimum atomic E-state index is 0.568. The molecule has 0 aliphatic carbocycles. The highest BCUT2D eigenvalue weighted by molar-refractivity contribution is 7.98. The van der Waals surface area contributed by atoms with E-state index in [0.717, 1.165) is 36.5 Å². The molecule has 3 aromatic rings. The third-order valence-corrected chi connectivity index (χ3v) is 4.21. The van der Waals surface area contributed by atoms with Crippen LogP contribution >= 0.6 is 11.8 Å². The molecular weight excluding hydrogens is 312 g/mol. The van der Waals surface area contributed by atoms with Gasteiger partial charge < -0.3 is 10.3 Å². The van der Waals surface area contributed by atoms with Crippen molar-refractivity contribution >= 4 is 11.8 Å². The first-order chi connectivity index (χ1) is 11.4. The van der Waals surface area contributed by atoms with Gasteiger partial charge in [0.2, 0.25) is 11.7 Å². The lowest BCUT2D eigenvalue weighted by molar-refractivity contribution is 0.391. The number of thioether (sulfide) groups is 1. The van der Waals surface area contributed by atoms with Gasteiger partial charge in [0.15, 0.2) is 5.82 Å². The molecule has 0 atom stereocenters. The van der Waals surface area contributed by atoms with Crippen molar-refractivity contribution in [2.75, 3.05) is 12.3 Å². The number of nitrogens with zero attached hydrogens (tertiary/aromatic N) is 5. The zero-order valence-electron chi connectivity index (χ0n) is 12.6. The van der Waals surface area contributed by atoms with E-state index < -0.39 is 0 Å². The molecule has 0 radical (unpaired) electrons. The third kappa shape index (κ3) is 4.17. The number of hydrogen-bond acceptors (Lipinski definition) is 7. The lowest BCUT2D eigenvalue weighted by Gasteiger charge is -2.01. The summed E-state index contributed by atoms with van der Waals surface area (Å²) in [5, 5.41) is 8.22. The van der Waals surface area contributed by atoms with Gasteiger partial charge >= 0.3 is 0 Å². The van der Waals surface area contributed by atoms with E-state index in [-0.39, 0.29) is 0 Å². The third-order valence-electron chi connectivity index (χ3n) is 3.18. The van der Waals surface area contributed by atoms with Crippen molar-refractivity contribution in [3.05, 3.63) is 42.7 Å². The molecule has 0 aromatic carbocycles. The molecule has 3 aromatic heterocycles. The van der Waals surface area contributed by atoms with Crippen molar-refractivity contribution in [1.29, 1.82) is 0 Å². The molecule has 3 heterocycles. The Morgan fingerprint density at radius 1 is 1.26 bits per heavy atom. The van der Waals surface area contributed by atoms with E-state index in [1.54, 1.807) is 28.8 Å². The lowest BCUT2D eigenvalue weighted by atomic mass is 10.2. The van der Waals surface area contributed by atoms with Crippen LogP contribution in [0.3, 0.4) is 0 Å². The van der Waals surface area contributed by atoms with Gasteiger partial charge in [-0.2, -0.15) is 21.8 Å². The van der Waals surface area contributed by atoms with Crippen LogP contribution in [-0.4, -0.2) is 37.2 Å². The lowest BCUT2D eigenvalue weighted by Crippen LogP contribution is -1.98. The number of pyridine rings is 1. The first-order valence-corrected chi connectivity index (χ1v) is 8.59. The van der Waals surface area contributed by atoms with Crippen LogP contribution in [0, 0.1) is 0 Å². The fourth-order valence-electron chi connectivity index (χ4n) is 2.03. The highest BCUT2D eigenvalue weighted by Gasteiger charge is 2.10. The highest BCUT2D eigenvalue weighted by atomic mass is 32.2. The largest absolute Gasteiger partial charge is 0.338 e. The SMILES string of the molecule is NCCCCSCc1nc(-c2ccnc(-n3cccn3)c2)no1. The molecule has 0 aliphatic rings. The molecule has 0 bridgehead atoms. The Kier molecular flexibility index (Phi) is 5.38. The van der Waals surface area contributed by atoms with Crippen molar-refractivity contribution in [3.63, 3.8) is 0 Å². The molecule has 23 heavy (non-hydrogen) atoms. The van der Waals surface area contributed by atoms with Gasteiger partial charge in [-0.1, -0.05) is 5.16 Å². The summed E-state index contributed by atoms with van der Waals surface area (Å²) >= 11 is 1.78. The number of aromatic nitrogens is 5. The summed E-state index contributed by atoms with van der Waals surface area (Å²) in [7, 11) is 0. The summed E-state index contributed by atoms with van der Waals surface area (Å²) in [6, 6.07) is 5.59. The molecular formula is C15H18N6OS. The molecule has 0 saturated heterocycles. The van der Waals surface area contributed by atoms with Gasteiger partial charge in [-0.15, -0.1) is 0 Å². The second-order valence-electron chi connectivity index (χ2n) is 4.91. The summed E-state index contributed by atoms with van der Waals surface area (Å²) in [6.07, 6.45) is 7.42. The molecule has 2 N–H and O–H groups in total. The molecule has 3 rings (SSSR count). The van der Waals surface area contributed by atoms with Crippen molar-refractivity contribution < 1.29 is 4.52 Å². The van der Waals surface area contributed by atoms with Crippen molar-refractivity contribution in [3.8, 4) is 17.2 Å². The van der Waals surface area contributed by atoms with E-state index in [4.69, 9.17) is 10.3 Å². The Labute approximate surface area is 138 Å². The van der Waals surface area contributed by atoms with Crippen LogP contribution in [0.5, 0.6) is 0 Å². The van der Waals surface area contributed by atoms with Gasteiger partial charge in [0.25, 0.3) is 0 Å². The van der Waals surface area contributed by atoms with E-state index in [1.165, 1.54) is 0 Å². The van der Waals surface area contributed by atoms with E-state index in [0.29, 0.717) is 17.5 Å². The zero-order chi connectivity index (χ0) is 15.9. The molecule has 0 fully saturated rings. The van der Waals surface area contributed by atoms with Crippen LogP contribution in [0.15, 0.2) is 41.3 Å². The fraction of sp³-hybridized carbons (Fsp3) is 0.333. The number of nitrogens with two attached hydrogens (primary N) is 1. The fourth-order valence-corrected chi connectivity index (χ4v) is 2.87. The molecule has 8 heteroatoms. The van der Waals surface area contributed by atoms with Crippen molar-refractivity contribution in [2.45, 2.75) is 18.6 Å².